The summed E-state index contributed by atoms with van der Waals surface area (Å²) in [5, 5.41) is 0. The van der Waals surface area contributed by atoms with Gasteiger partial charge in [-0.2, -0.15) is 0 Å². The van der Waals surface area contributed by atoms with Crippen LogP contribution in [0.25, 0.3) is 0 Å². The summed E-state index contributed by atoms with van der Waals surface area (Å²) in [5.41, 5.74) is 5.44. The van der Waals surface area contributed by atoms with E-state index in [-0.39, 0.29) is 58.6 Å². The lowest BCUT2D eigenvalue weighted by Crippen LogP contribution is -2.66. The monoisotopic (exact) mass is 935 g/mol. The third kappa shape index (κ3) is 6.65. The van der Waals surface area contributed by atoms with Crippen molar-refractivity contribution in [3.05, 3.63) is 24.3 Å². The van der Waals surface area contributed by atoms with E-state index in [4.69, 9.17) is 9.47 Å². The minimum atomic E-state index is -0.215. The van der Waals surface area contributed by atoms with Gasteiger partial charge in [-0.3, -0.25) is 9.59 Å². The summed E-state index contributed by atoms with van der Waals surface area (Å²) in [6.45, 7) is 45.0. The molecule has 4 nitrogen and oxygen atoms in total. The molecule has 10 saturated carbocycles. The fourth-order valence-corrected chi connectivity index (χ4v) is 24.0. The Labute approximate surface area is 417 Å². The van der Waals surface area contributed by atoms with Crippen LogP contribution in [0.4, 0.5) is 0 Å². The second kappa shape index (κ2) is 16.0. The summed E-state index contributed by atoms with van der Waals surface area (Å²) in [6.07, 6.45) is 25.5. The molecule has 0 heterocycles. The summed E-state index contributed by atoms with van der Waals surface area (Å²) in [5.74, 6) is 6.54. The Kier molecular flexibility index (Phi) is 11.7. The molecule has 0 N–H and O–H groups in total. The zero-order chi connectivity index (χ0) is 49.2. The van der Waals surface area contributed by atoms with Gasteiger partial charge < -0.3 is 9.47 Å². The van der Waals surface area contributed by atoms with E-state index in [9.17, 15) is 9.59 Å². The van der Waals surface area contributed by atoms with Gasteiger partial charge in [-0.05, 0) is 245 Å². The van der Waals surface area contributed by atoms with Crippen LogP contribution in [-0.2, 0) is 19.1 Å². The van der Waals surface area contributed by atoms with Gasteiger partial charge in [0.2, 0.25) is 0 Å². The molecule has 0 aromatic heterocycles. The first-order valence-electron chi connectivity index (χ1n) is 29.3. The van der Waals surface area contributed by atoms with Crippen molar-refractivity contribution in [1.82, 2.24) is 0 Å². The largest absolute Gasteiger partial charge is 0.462 e. The molecule has 20 atom stereocenters. The first-order valence-corrected chi connectivity index (χ1v) is 29.3. The molecule has 0 radical (unpaired) electrons. The molecule has 0 aliphatic heterocycles. The van der Waals surface area contributed by atoms with Crippen LogP contribution in [0.15, 0.2) is 24.3 Å². The predicted molar refractivity (Wildman–Crippen MR) is 278 cm³/mol. The molecule has 10 rings (SSSR count). The van der Waals surface area contributed by atoms with E-state index >= 15 is 0 Å². The molecule has 10 aliphatic carbocycles. The van der Waals surface area contributed by atoms with Crippen molar-refractivity contribution in [2.24, 2.45) is 113 Å². The molecule has 0 unspecified atom stereocenters. The van der Waals surface area contributed by atoms with E-state index < -0.39 is 0 Å². The van der Waals surface area contributed by atoms with Gasteiger partial charge in [0.05, 0.1) is 12.8 Å². The minimum absolute atomic E-state index is 0.111. The molecule has 0 aromatic carbocycles. The molecule has 0 aromatic rings. The highest BCUT2D eigenvalue weighted by Gasteiger charge is 2.73. The number of esters is 2. The third-order valence-electron chi connectivity index (χ3n) is 27.9. The SMILES string of the molecule is C=C(C)[C@@H]1CC[C@]2(C)CC[C@]3(C)[C@H](CC[C@@H]4[C@@]5(C)CC[C@H](OC(=O)CCC(=O)O[C@H]6CC[C@]7(C)[C@H]8CC[C@@H]9[C@H]%10[C@H](C(=C)C)CC[C@]%10(C)CC[C@@]9(C)[C@]8(C)CC[C@H]7C6(C)C)C(C)(C)[C@@H]5CC[C@]43C)[C@@H]12. The topological polar surface area (TPSA) is 52.6 Å². The van der Waals surface area contributed by atoms with Crippen molar-refractivity contribution < 1.29 is 19.1 Å². The second-order valence-corrected chi connectivity index (χ2v) is 30.9. The zero-order valence-corrected chi connectivity index (χ0v) is 46.5. The molecule has 4 heteroatoms. The number of carbonyl (C=O) groups excluding carboxylic acids is 2. The molecule has 382 valence electrons. The summed E-state index contributed by atoms with van der Waals surface area (Å²) in [4.78, 5) is 27.7. The van der Waals surface area contributed by atoms with Gasteiger partial charge >= 0.3 is 11.9 Å². The fourth-order valence-electron chi connectivity index (χ4n) is 24.0. The van der Waals surface area contributed by atoms with E-state index in [0.29, 0.717) is 68.0 Å². The first-order chi connectivity index (χ1) is 31.6. The van der Waals surface area contributed by atoms with E-state index in [1.165, 1.54) is 114 Å². The Balaban J connectivity index is 0.758. The van der Waals surface area contributed by atoms with Gasteiger partial charge in [-0.1, -0.05) is 107 Å². The van der Waals surface area contributed by atoms with Crippen molar-refractivity contribution in [2.75, 3.05) is 0 Å². The van der Waals surface area contributed by atoms with Gasteiger partial charge in [-0.25, -0.2) is 0 Å². The van der Waals surface area contributed by atoms with Crippen LogP contribution in [0.3, 0.4) is 0 Å². The number of carbonyl (C=O) groups is 2. The van der Waals surface area contributed by atoms with Crippen LogP contribution in [0.1, 0.15) is 238 Å². The summed E-state index contributed by atoms with van der Waals surface area (Å²) >= 11 is 0. The molecular formula is C64H102O4. The molecular weight excluding hydrogens is 833 g/mol. The van der Waals surface area contributed by atoms with Crippen LogP contribution in [-0.4, -0.2) is 24.1 Å². The number of rotatable bonds is 7. The smallest absolute Gasteiger partial charge is 0.306 e. The van der Waals surface area contributed by atoms with Crippen LogP contribution in [0, 0.1) is 113 Å². The van der Waals surface area contributed by atoms with Crippen molar-refractivity contribution >= 4 is 11.9 Å². The van der Waals surface area contributed by atoms with Gasteiger partial charge in [0.25, 0.3) is 0 Å². The van der Waals surface area contributed by atoms with E-state index in [1.807, 2.05) is 0 Å². The number of hydrogen-bond acceptors (Lipinski definition) is 4. The Hall–Kier alpha value is -1.58. The molecule has 0 spiro atoms. The summed E-state index contributed by atoms with van der Waals surface area (Å²) in [7, 11) is 0. The lowest BCUT2D eigenvalue weighted by atomic mass is 9.32. The number of allylic oxidation sites excluding steroid dienone is 2. The quantitative estimate of drug-likeness (QED) is 0.189. The fraction of sp³-hybridized carbons (Fsp3) is 0.906. The van der Waals surface area contributed by atoms with E-state index in [0.717, 1.165) is 49.4 Å². The maximum absolute atomic E-state index is 13.8. The van der Waals surface area contributed by atoms with Gasteiger partial charge in [0, 0.05) is 10.8 Å². The Morgan fingerprint density at radius 3 is 1.13 bits per heavy atom. The molecule has 68 heavy (non-hydrogen) atoms. The van der Waals surface area contributed by atoms with E-state index in [2.05, 4.69) is 110 Å². The minimum Gasteiger partial charge on any atom is -0.462 e. The van der Waals surface area contributed by atoms with Gasteiger partial charge in [0.15, 0.2) is 0 Å². The second-order valence-electron chi connectivity index (χ2n) is 30.9. The average Bonchev–Trinajstić information content (AvgIpc) is 3.80. The highest BCUT2D eigenvalue weighted by atomic mass is 16.6. The van der Waals surface area contributed by atoms with Gasteiger partial charge in [0.1, 0.15) is 12.2 Å². The highest BCUT2D eigenvalue weighted by molar-refractivity contribution is 5.78. The molecule has 10 fully saturated rings. The number of fused-ring (bicyclic) bond motifs is 14. The van der Waals surface area contributed by atoms with Crippen molar-refractivity contribution in [3.63, 3.8) is 0 Å². The van der Waals surface area contributed by atoms with Crippen molar-refractivity contribution in [2.45, 2.75) is 250 Å². The number of hydrogen-bond donors (Lipinski definition) is 0. The predicted octanol–water partition coefficient (Wildman–Crippen LogP) is 16.9. The zero-order valence-electron chi connectivity index (χ0n) is 46.5. The van der Waals surface area contributed by atoms with Crippen LogP contribution in [0.2, 0.25) is 0 Å². The number of ether oxygens (including phenoxy) is 2. The highest BCUT2D eigenvalue weighted by Crippen LogP contribution is 2.80. The normalized spacial score (nSPS) is 53.9. The molecule has 0 amide bonds. The van der Waals surface area contributed by atoms with Crippen LogP contribution >= 0.6 is 0 Å². The molecule has 0 bridgehead atoms. The van der Waals surface area contributed by atoms with Gasteiger partial charge in [-0.15, -0.1) is 0 Å². The van der Waals surface area contributed by atoms with Crippen molar-refractivity contribution in [1.29, 1.82) is 0 Å². The standard InChI is InChI=1S/C64H102O4/c1-39(2)41-23-29-57(9)35-37-61(13)43(53(41)57)17-19-47-59(11)31-27-49(55(5,6)45(59)25-33-63(47,61)15)67-51(65)21-22-52(66)68-50-28-32-60(12)46(56(50,7)8)26-34-64(16)48(60)20-18-44-54-42(40(3)4)24-30-58(54,10)36-38-62(44,64)14/h41-50,53-54H,1,3,17-38H2,2,4-16H3/t41-,42-,43+,44+,45-,46-,47+,48+,49-,50-,53+,54+,57+,58+,59-,60-,61+,62+,63+,64+/m0/s1. The molecule has 10 aliphatic rings. The summed E-state index contributed by atoms with van der Waals surface area (Å²) < 4.78 is 13.0. The molecule has 0 saturated heterocycles. The Morgan fingerprint density at radius 2 is 0.779 bits per heavy atom. The maximum Gasteiger partial charge on any atom is 0.306 e. The van der Waals surface area contributed by atoms with Crippen LogP contribution in [0.5, 0.6) is 0 Å². The van der Waals surface area contributed by atoms with Crippen molar-refractivity contribution in [3.8, 4) is 0 Å². The third-order valence-corrected chi connectivity index (χ3v) is 27.9. The van der Waals surface area contributed by atoms with Crippen LogP contribution < -0.4 is 0 Å². The average molecular weight is 936 g/mol. The Morgan fingerprint density at radius 1 is 0.412 bits per heavy atom. The lowest BCUT2D eigenvalue weighted by molar-refractivity contribution is -0.249. The summed E-state index contributed by atoms with van der Waals surface area (Å²) in [6, 6.07) is 0. The lowest BCUT2D eigenvalue weighted by Gasteiger charge is -2.73. The van der Waals surface area contributed by atoms with E-state index in [1.54, 1.807) is 0 Å². The Bertz CT molecular complexity index is 1920. The first kappa shape index (κ1) is 50.0. The maximum atomic E-state index is 13.8.